The Hall–Kier alpha value is 0.390. The topological polar surface area (TPSA) is 3.24 Å². The lowest BCUT2D eigenvalue weighted by Crippen LogP contribution is -2.35. The molecule has 78 valence electrons. The Kier molecular flexibility index (Phi) is 5.28. The van der Waals surface area contributed by atoms with Gasteiger partial charge in [0, 0.05) is 0 Å². The van der Waals surface area contributed by atoms with Crippen LogP contribution in [0.15, 0.2) is 0 Å². The highest BCUT2D eigenvalue weighted by Gasteiger charge is 2.22. The van der Waals surface area contributed by atoms with Gasteiger partial charge >= 0.3 is 0 Å². The minimum Gasteiger partial charge on any atom is -0.304 e. The molecule has 1 aliphatic heterocycles. The summed E-state index contributed by atoms with van der Waals surface area (Å²) in [6.07, 6.45) is 5.84. The monoisotopic (exact) mass is 201 g/mol. The molecular formula is C11H24NP. The molecule has 0 spiro atoms. The van der Waals surface area contributed by atoms with Crippen LogP contribution in [0, 0.1) is 0 Å². The molecule has 2 heteroatoms. The molecule has 1 heterocycles. The van der Waals surface area contributed by atoms with Gasteiger partial charge in [0.15, 0.2) is 0 Å². The maximum atomic E-state index is 2.59. The first kappa shape index (κ1) is 11.5. The van der Waals surface area contributed by atoms with Gasteiger partial charge in [-0.1, -0.05) is 20.8 Å². The van der Waals surface area contributed by atoms with E-state index in [0.29, 0.717) is 7.92 Å². The van der Waals surface area contributed by atoms with Gasteiger partial charge in [-0.25, -0.2) is 0 Å². The van der Waals surface area contributed by atoms with Gasteiger partial charge in [-0.05, 0) is 50.5 Å². The first-order chi connectivity index (χ1) is 6.31. The Morgan fingerprint density at radius 1 is 1.08 bits per heavy atom. The second-order valence-corrected chi connectivity index (χ2v) is 7.06. The second kappa shape index (κ2) is 5.98. The molecule has 1 fully saturated rings. The standard InChI is InChI=1S/C11H24NP/c1-4-12-9-7-11(8-10-12)13(5-2)6-3/h11H,4-10H2,1-3H3. The fourth-order valence-corrected chi connectivity index (χ4v) is 4.78. The SMILES string of the molecule is CCN1CCC(P(CC)CC)CC1. The van der Waals surface area contributed by atoms with E-state index in [2.05, 4.69) is 25.7 Å². The predicted octanol–water partition coefficient (Wildman–Crippen LogP) is 2.99. The van der Waals surface area contributed by atoms with Crippen LogP contribution in [0.4, 0.5) is 0 Å². The average molecular weight is 201 g/mol. The Balaban J connectivity index is 2.30. The van der Waals surface area contributed by atoms with Crippen LogP contribution in [0.5, 0.6) is 0 Å². The summed E-state index contributed by atoms with van der Waals surface area (Å²) in [4.78, 5) is 2.59. The summed E-state index contributed by atoms with van der Waals surface area (Å²) in [5, 5.41) is 0. The van der Waals surface area contributed by atoms with Crippen LogP contribution in [0.3, 0.4) is 0 Å². The van der Waals surface area contributed by atoms with Gasteiger partial charge in [-0.2, -0.15) is 0 Å². The quantitative estimate of drug-likeness (QED) is 0.632. The van der Waals surface area contributed by atoms with Crippen LogP contribution in [-0.2, 0) is 0 Å². The van der Waals surface area contributed by atoms with Gasteiger partial charge in [0.25, 0.3) is 0 Å². The highest BCUT2D eigenvalue weighted by atomic mass is 31.1. The zero-order valence-electron chi connectivity index (χ0n) is 9.42. The molecule has 0 amide bonds. The lowest BCUT2D eigenvalue weighted by molar-refractivity contribution is 0.243. The van der Waals surface area contributed by atoms with Crippen LogP contribution >= 0.6 is 7.92 Å². The third-order valence-corrected chi connectivity index (χ3v) is 6.51. The first-order valence-corrected chi connectivity index (χ1v) is 7.56. The van der Waals surface area contributed by atoms with E-state index in [1.54, 1.807) is 0 Å². The van der Waals surface area contributed by atoms with E-state index in [-0.39, 0.29) is 0 Å². The number of likely N-dealkylation sites (tertiary alicyclic amines) is 1. The van der Waals surface area contributed by atoms with Crippen molar-refractivity contribution in [1.29, 1.82) is 0 Å². The molecule has 0 saturated carbocycles. The number of piperidine rings is 1. The van der Waals surface area contributed by atoms with E-state index in [1.165, 1.54) is 44.8 Å². The Morgan fingerprint density at radius 3 is 2.00 bits per heavy atom. The van der Waals surface area contributed by atoms with Crippen molar-refractivity contribution in [2.75, 3.05) is 32.0 Å². The highest BCUT2D eigenvalue weighted by Crippen LogP contribution is 2.44. The van der Waals surface area contributed by atoms with E-state index in [4.69, 9.17) is 0 Å². The summed E-state index contributed by atoms with van der Waals surface area (Å²) < 4.78 is 0. The molecule has 0 aromatic heterocycles. The molecule has 1 aliphatic rings. The lowest BCUT2D eigenvalue weighted by Gasteiger charge is -2.35. The summed E-state index contributed by atoms with van der Waals surface area (Å²) in [5.41, 5.74) is 1.09. The van der Waals surface area contributed by atoms with E-state index >= 15 is 0 Å². The molecule has 0 aromatic rings. The molecule has 0 bridgehead atoms. The number of hydrogen-bond donors (Lipinski definition) is 0. The molecule has 1 rings (SSSR count). The van der Waals surface area contributed by atoms with E-state index in [1.807, 2.05) is 0 Å². The van der Waals surface area contributed by atoms with Crippen LogP contribution in [0.2, 0.25) is 0 Å². The van der Waals surface area contributed by atoms with Gasteiger partial charge in [-0.15, -0.1) is 7.92 Å². The Labute approximate surface area is 84.6 Å². The average Bonchev–Trinajstić information content (AvgIpc) is 2.21. The van der Waals surface area contributed by atoms with Crippen molar-refractivity contribution in [2.24, 2.45) is 0 Å². The third kappa shape index (κ3) is 3.22. The summed E-state index contributed by atoms with van der Waals surface area (Å²) in [5.74, 6) is 0. The molecule has 0 unspecified atom stereocenters. The molecule has 0 aliphatic carbocycles. The van der Waals surface area contributed by atoms with Crippen molar-refractivity contribution in [1.82, 2.24) is 4.90 Å². The van der Waals surface area contributed by atoms with Crippen molar-refractivity contribution in [2.45, 2.75) is 39.3 Å². The Bertz CT molecular complexity index is 126. The molecule has 0 atom stereocenters. The van der Waals surface area contributed by atoms with E-state index in [0.717, 1.165) is 5.66 Å². The van der Waals surface area contributed by atoms with Crippen molar-refractivity contribution in [3.8, 4) is 0 Å². The fourth-order valence-electron chi connectivity index (χ4n) is 2.34. The number of rotatable bonds is 4. The van der Waals surface area contributed by atoms with Crippen LogP contribution < -0.4 is 0 Å². The maximum absolute atomic E-state index is 2.59. The molecule has 13 heavy (non-hydrogen) atoms. The molecule has 1 nitrogen and oxygen atoms in total. The van der Waals surface area contributed by atoms with Gasteiger partial charge < -0.3 is 4.90 Å². The summed E-state index contributed by atoms with van der Waals surface area (Å²) in [6, 6.07) is 0. The van der Waals surface area contributed by atoms with Crippen molar-refractivity contribution >= 4 is 7.92 Å². The summed E-state index contributed by atoms with van der Waals surface area (Å²) in [6.45, 7) is 11.0. The summed E-state index contributed by atoms with van der Waals surface area (Å²) in [7, 11) is 0.375. The molecule has 1 saturated heterocycles. The summed E-state index contributed by atoms with van der Waals surface area (Å²) >= 11 is 0. The molecule has 0 radical (unpaired) electrons. The molecular weight excluding hydrogens is 177 g/mol. The van der Waals surface area contributed by atoms with Crippen molar-refractivity contribution in [3.63, 3.8) is 0 Å². The number of nitrogens with zero attached hydrogens (tertiary/aromatic N) is 1. The maximum Gasteiger partial charge on any atom is -0.00128 e. The van der Waals surface area contributed by atoms with Gasteiger partial charge in [0.2, 0.25) is 0 Å². The number of hydrogen-bond acceptors (Lipinski definition) is 1. The van der Waals surface area contributed by atoms with Crippen molar-refractivity contribution in [3.05, 3.63) is 0 Å². The molecule has 0 aromatic carbocycles. The van der Waals surface area contributed by atoms with Crippen LogP contribution in [0.25, 0.3) is 0 Å². The zero-order valence-corrected chi connectivity index (χ0v) is 10.3. The normalized spacial score (nSPS) is 21.2. The van der Waals surface area contributed by atoms with Crippen LogP contribution in [-0.4, -0.2) is 42.5 Å². The minimum absolute atomic E-state index is 0.375. The Morgan fingerprint density at radius 2 is 1.62 bits per heavy atom. The van der Waals surface area contributed by atoms with E-state index < -0.39 is 0 Å². The van der Waals surface area contributed by atoms with E-state index in [9.17, 15) is 0 Å². The lowest BCUT2D eigenvalue weighted by atomic mass is 10.1. The first-order valence-electron chi connectivity index (χ1n) is 5.78. The fraction of sp³-hybridized carbons (Fsp3) is 1.00. The minimum atomic E-state index is 0.375. The predicted molar refractivity (Wildman–Crippen MR) is 63.1 cm³/mol. The highest BCUT2D eigenvalue weighted by molar-refractivity contribution is 7.58. The van der Waals surface area contributed by atoms with Crippen LogP contribution in [0.1, 0.15) is 33.6 Å². The molecule has 0 N–H and O–H groups in total. The second-order valence-electron chi connectivity index (χ2n) is 3.89. The largest absolute Gasteiger partial charge is 0.304 e. The zero-order chi connectivity index (χ0) is 9.68. The smallest absolute Gasteiger partial charge is 0.00128 e. The van der Waals surface area contributed by atoms with Gasteiger partial charge in [0.05, 0.1) is 0 Å². The third-order valence-electron chi connectivity index (χ3n) is 3.33. The van der Waals surface area contributed by atoms with Crippen molar-refractivity contribution < 1.29 is 0 Å². The van der Waals surface area contributed by atoms with Gasteiger partial charge in [0.1, 0.15) is 0 Å². The van der Waals surface area contributed by atoms with Gasteiger partial charge in [-0.3, -0.25) is 0 Å².